The molecule has 5 nitrogen and oxygen atoms in total. The zero-order valence-electron chi connectivity index (χ0n) is 14.4. The standard InChI is InChI=1S/C20H19FN2O3/c1-25-19-11-14(10-16(21)20(19)24)17-12-18(26-22-17)13-4-6-15(7-5-13)23-8-2-3-9-23/h4-7,10-12,24H,2-3,8-9H2,1H3. The molecule has 0 atom stereocenters. The van der Waals surface area contributed by atoms with Crippen LogP contribution in [0.1, 0.15) is 12.8 Å². The molecule has 6 heteroatoms. The summed E-state index contributed by atoms with van der Waals surface area (Å²) < 4.78 is 24.3. The summed E-state index contributed by atoms with van der Waals surface area (Å²) in [5.41, 5.74) is 3.05. The number of benzene rings is 2. The zero-order chi connectivity index (χ0) is 18.1. The van der Waals surface area contributed by atoms with Crippen molar-refractivity contribution in [3.8, 4) is 34.1 Å². The molecule has 1 aromatic heterocycles. The number of rotatable bonds is 4. The normalized spacial score (nSPS) is 14.0. The van der Waals surface area contributed by atoms with Gasteiger partial charge in [0.05, 0.1) is 7.11 Å². The summed E-state index contributed by atoms with van der Waals surface area (Å²) in [4.78, 5) is 2.36. The third kappa shape index (κ3) is 2.98. The van der Waals surface area contributed by atoms with Crippen LogP contribution < -0.4 is 9.64 Å². The van der Waals surface area contributed by atoms with Crippen molar-refractivity contribution in [2.75, 3.05) is 25.1 Å². The fraction of sp³-hybridized carbons (Fsp3) is 0.250. The number of methoxy groups -OCH3 is 1. The maximum atomic E-state index is 13.8. The predicted molar refractivity (Wildman–Crippen MR) is 97.0 cm³/mol. The molecule has 1 fully saturated rings. The summed E-state index contributed by atoms with van der Waals surface area (Å²) >= 11 is 0. The molecule has 4 rings (SSSR count). The molecule has 134 valence electrons. The maximum Gasteiger partial charge on any atom is 0.194 e. The third-order valence-corrected chi connectivity index (χ3v) is 4.68. The van der Waals surface area contributed by atoms with E-state index in [0.29, 0.717) is 17.0 Å². The van der Waals surface area contributed by atoms with Crippen molar-refractivity contribution in [2.24, 2.45) is 0 Å². The van der Waals surface area contributed by atoms with Gasteiger partial charge in [0, 0.05) is 36.0 Å². The van der Waals surface area contributed by atoms with Crippen LogP contribution in [0.25, 0.3) is 22.6 Å². The smallest absolute Gasteiger partial charge is 0.194 e. The number of aromatic hydroxyl groups is 1. The van der Waals surface area contributed by atoms with Gasteiger partial charge in [0.15, 0.2) is 23.1 Å². The number of phenols is 1. The van der Waals surface area contributed by atoms with E-state index in [1.54, 1.807) is 6.07 Å². The van der Waals surface area contributed by atoms with Crippen LogP contribution in [-0.4, -0.2) is 30.5 Å². The Bertz CT molecular complexity index is 915. The Labute approximate surface area is 150 Å². The first-order valence-electron chi connectivity index (χ1n) is 8.54. The first-order chi connectivity index (χ1) is 12.7. The van der Waals surface area contributed by atoms with Crippen molar-refractivity contribution in [2.45, 2.75) is 12.8 Å². The van der Waals surface area contributed by atoms with Crippen LogP contribution in [0, 0.1) is 5.82 Å². The number of ether oxygens (including phenoxy) is 1. The van der Waals surface area contributed by atoms with Crippen LogP contribution in [0.3, 0.4) is 0 Å². The highest BCUT2D eigenvalue weighted by atomic mass is 19.1. The van der Waals surface area contributed by atoms with Gasteiger partial charge in [-0.25, -0.2) is 4.39 Å². The number of aromatic nitrogens is 1. The monoisotopic (exact) mass is 354 g/mol. The summed E-state index contributed by atoms with van der Waals surface area (Å²) in [6.45, 7) is 2.19. The summed E-state index contributed by atoms with van der Waals surface area (Å²) in [6, 6.07) is 12.6. The minimum absolute atomic E-state index is 0.0551. The highest BCUT2D eigenvalue weighted by Gasteiger charge is 2.16. The number of phenolic OH excluding ortho intramolecular Hbond substituents is 1. The Kier molecular flexibility index (Phi) is 4.24. The van der Waals surface area contributed by atoms with Crippen molar-refractivity contribution >= 4 is 5.69 Å². The molecule has 0 radical (unpaired) electrons. The molecule has 1 aliphatic heterocycles. The minimum Gasteiger partial charge on any atom is -0.502 e. The molecule has 1 N–H and O–H groups in total. The molecule has 0 bridgehead atoms. The Morgan fingerprint density at radius 2 is 1.81 bits per heavy atom. The lowest BCUT2D eigenvalue weighted by molar-refractivity contribution is 0.357. The highest BCUT2D eigenvalue weighted by molar-refractivity contribution is 5.70. The fourth-order valence-electron chi connectivity index (χ4n) is 3.24. The van der Waals surface area contributed by atoms with Gasteiger partial charge < -0.3 is 19.3 Å². The second-order valence-electron chi connectivity index (χ2n) is 6.33. The first-order valence-corrected chi connectivity index (χ1v) is 8.54. The molecule has 1 saturated heterocycles. The van der Waals surface area contributed by atoms with Crippen molar-refractivity contribution in [3.63, 3.8) is 0 Å². The van der Waals surface area contributed by atoms with E-state index in [1.807, 2.05) is 12.1 Å². The van der Waals surface area contributed by atoms with E-state index in [9.17, 15) is 9.50 Å². The number of anilines is 1. The van der Waals surface area contributed by atoms with Crippen LogP contribution in [0.2, 0.25) is 0 Å². The van der Waals surface area contributed by atoms with E-state index in [4.69, 9.17) is 9.26 Å². The zero-order valence-corrected chi connectivity index (χ0v) is 14.4. The van der Waals surface area contributed by atoms with E-state index in [0.717, 1.165) is 18.7 Å². The van der Waals surface area contributed by atoms with Crippen molar-refractivity contribution in [3.05, 3.63) is 48.3 Å². The lowest BCUT2D eigenvalue weighted by atomic mass is 10.1. The van der Waals surface area contributed by atoms with Crippen LogP contribution in [-0.2, 0) is 0 Å². The van der Waals surface area contributed by atoms with Gasteiger partial charge in [-0.3, -0.25) is 0 Å². The second kappa shape index (κ2) is 6.71. The quantitative estimate of drug-likeness (QED) is 0.749. The Balaban J connectivity index is 1.61. The molecule has 2 aromatic carbocycles. The van der Waals surface area contributed by atoms with Crippen LogP contribution >= 0.6 is 0 Å². The molecular weight excluding hydrogens is 335 g/mol. The van der Waals surface area contributed by atoms with Gasteiger partial charge >= 0.3 is 0 Å². The Morgan fingerprint density at radius 1 is 1.08 bits per heavy atom. The van der Waals surface area contributed by atoms with Gasteiger partial charge in [-0.1, -0.05) is 5.16 Å². The van der Waals surface area contributed by atoms with Crippen molar-refractivity contribution < 1.29 is 18.8 Å². The van der Waals surface area contributed by atoms with Crippen LogP contribution in [0.15, 0.2) is 47.0 Å². The summed E-state index contributed by atoms with van der Waals surface area (Å²) in [5, 5.41) is 13.6. The van der Waals surface area contributed by atoms with E-state index in [1.165, 1.54) is 37.8 Å². The van der Waals surface area contributed by atoms with Gasteiger partial charge in [0.2, 0.25) is 0 Å². The molecule has 3 aromatic rings. The predicted octanol–water partition coefficient (Wildman–Crippen LogP) is 4.46. The molecule has 0 saturated carbocycles. The van der Waals surface area contributed by atoms with Crippen molar-refractivity contribution in [1.82, 2.24) is 5.16 Å². The van der Waals surface area contributed by atoms with E-state index >= 15 is 0 Å². The van der Waals surface area contributed by atoms with Gasteiger partial charge in [0.25, 0.3) is 0 Å². The Morgan fingerprint density at radius 3 is 2.50 bits per heavy atom. The Hall–Kier alpha value is -3.02. The average molecular weight is 354 g/mol. The number of halogens is 1. The lowest BCUT2D eigenvalue weighted by Gasteiger charge is -2.17. The molecule has 2 heterocycles. The summed E-state index contributed by atoms with van der Waals surface area (Å²) in [6.07, 6.45) is 2.47. The summed E-state index contributed by atoms with van der Waals surface area (Å²) in [5.74, 6) is -0.628. The topological polar surface area (TPSA) is 58.7 Å². The number of hydrogen-bond donors (Lipinski definition) is 1. The van der Waals surface area contributed by atoms with Gasteiger partial charge in [-0.2, -0.15) is 0 Å². The molecular formula is C20H19FN2O3. The van der Waals surface area contributed by atoms with E-state index < -0.39 is 11.6 Å². The minimum atomic E-state index is -0.765. The highest BCUT2D eigenvalue weighted by Crippen LogP contribution is 2.35. The molecule has 0 aliphatic carbocycles. The fourth-order valence-corrected chi connectivity index (χ4v) is 3.24. The largest absolute Gasteiger partial charge is 0.502 e. The number of hydrogen-bond acceptors (Lipinski definition) is 5. The molecule has 0 amide bonds. The van der Waals surface area contributed by atoms with Crippen molar-refractivity contribution in [1.29, 1.82) is 0 Å². The SMILES string of the molecule is COc1cc(-c2cc(-c3ccc(N4CCCC4)cc3)on2)cc(F)c1O. The lowest BCUT2D eigenvalue weighted by Crippen LogP contribution is -2.17. The second-order valence-corrected chi connectivity index (χ2v) is 6.33. The molecule has 0 unspecified atom stereocenters. The van der Waals surface area contributed by atoms with E-state index in [2.05, 4.69) is 22.2 Å². The number of nitrogens with zero attached hydrogens (tertiary/aromatic N) is 2. The van der Waals surface area contributed by atoms with Gasteiger partial charge in [-0.15, -0.1) is 0 Å². The first kappa shape index (κ1) is 16.4. The van der Waals surface area contributed by atoms with Gasteiger partial charge in [-0.05, 0) is 49.2 Å². The van der Waals surface area contributed by atoms with Crippen LogP contribution in [0.5, 0.6) is 11.5 Å². The van der Waals surface area contributed by atoms with Crippen LogP contribution in [0.4, 0.5) is 10.1 Å². The molecule has 1 aliphatic rings. The molecule has 0 spiro atoms. The molecule has 26 heavy (non-hydrogen) atoms. The van der Waals surface area contributed by atoms with E-state index in [-0.39, 0.29) is 5.75 Å². The summed E-state index contributed by atoms with van der Waals surface area (Å²) in [7, 11) is 1.37. The van der Waals surface area contributed by atoms with Gasteiger partial charge in [0.1, 0.15) is 5.69 Å². The third-order valence-electron chi connectivity index (χ3n) is 4.68. The maximum absolute atomic E-state index is 13.8. The average Bonchev–Trinajstić information content (AvgIpc) is 3.36.